The zero-order chi connectivity index (χ0) is 13.7. The van der Waals surface area contributed by atoms with Crippen molar-refractivity contribution in [1.82, 2.24) is 0 Å². The Bertz CT molecular complexity index is 501. The topological polar surface area (TPSA) is 75.1 Å². The number of carbonyl (C=O) groups is 1. The van der Waals surface area contributed by atoms with Gasteiger partial charge >= 0.3 is 5.97 Å². The molecule has 5 nitrogen and oxygen atoms in total. The molecule has 0 aliphatic carbocycles. The Balaban J connectivity index is 3.08. The van der Waals surface area contributed by atoms with Gasteiger partial charge in [0.2, 0.25) is 0 Å². The summed E-state index contributed by atoms with van der Waals surface area (Å²) in [6.45, 7) is 1.75. The minimum atomic E-state index is -0.933. The SMILES string of the molecule is COC(=O)[C@@H](N=[N+]=[N-])[C@H](C)c1ccc(Cl)c(Cl)c1. The van der Waals surface area contributed by atoms with Crippen molar-refractivity contribution in [2.75, 3.05) is 7.11 Å². The maximum atomic E-state index is 11.5. The lowest BCUT2D eigenvalue weighted by atomic mass is 9.94. The molecule has 0 radical (unpaired) electrons. The summed E-state index contributed by atoms with van der Waals surface area (Å²) in [7, 11) is 1.24. The van der Waals surface area contributed by atoms with Crippen LogP contribution in [0.3, 0.4) is 0 Å². The van der Waals surface area contributed by atoms with E-state index < -0.39 is 12.0 Å². The van der Waals surface area contributed by atoms with E-state index in [0.29, 0.717) is 10.0 Å². The molecule has 0 N–H and O–H groups in total. The standard InChI is InChI=1S/C11H11Cl2N3O2/c1-6(10(15-16-14)11(17)18-2)7-3-4-8(12)9(13)5-7/h3-6,10H,1-2H3/t6-,10+/m1/s1. The molecule has 0 aliphatic heterocycles. The number of azide groups is 1. The van der Waals surface area contributed by atoms with Crippen LogP contribution in [0, 0.1) is 0 Å². The number of ether oxygens (including phenoxy) is 1. The lowest BCUT2D eigenvalue weighted by Crippen LogP contribution is -2.25. The van der Waals surface area contributed by atoms with Crippen molar-refractivity contribution in [3.8, 4) is 0 Å². The number of halogens is 2. The van der Waals surface area contributed by atoms with Crippen LogP contribution in [0.15, 0.2) is 23.3 Å². The summed E-state index contributed by atoms with van der Waals surface area (Å²) < 4.78 is 4.60. The second kappa shape index (κ2) is 6.50. The van der Waals surface area contributed by atoms with E-state index in [0.717, 1.165) is 5.56 Å². The second-order valence-electron chi connectivity index (χ2n) is 3.64. The Hall–Kier alpha value is -1.42. The highest BCUT2D eigenvalue weighted by atomic mass is 35.5. The Morgan fingerprint density at radius 1 is 1.44 bits per heavy atom. The van der Waals surface area contributed by atoms with E-state index in [4.69, 9.17) is 28.7 Å². The van der Waals surface area contributed by atoms with Crippen LogP contribution in [-0.2, 0) is 9.53 Å². The normalized spacial score (nSPS) is 13.3. The second-order valence-corrected chi connectivity index (χ2v) is 4.45. The van der Waals surface area contributed by atoms with Crippen LogP contribution in [0.1, 0.15) is 18.4 Å². The van der Waals surface area contributed by atoms with Gasteiger partial charge in [-0.05, 0) is 23.2 Å². The molecule has 0 amide bonds. The molecule has 18 heavy (non-hydrogen) atoms. The maximum absolute atomic E-state index is 11.5. The van der Waals surface area contributed by atoms with Gasteiger partial charge in [0.1, 0.15) is 6.04 Å². The predicted molar refractivity (Wildman–Crippen MR) is 69.8 cm³/mol. The summed E-state index contributed by atoms with van der Waals surface area (Å²) >= 11 is 11.7. The van der Waals surface area contributed by atoms with Gasteiger partial charge in [-0.1, -0.05) is 41.3 Å². The van der Waals surface area contributed by atoms with Crippen LogP contribution < -0.4 is 0 Å². The first-order valence-electron chi connectivity index (χ1n) is 5.08. The first-order chi connectivity index (χ1) is 8.51. The molecule has 0 aliphatic rings. The number of methoxy groups -OCH3 is 1. The number of benzene rings is 1. The molecule has 0 saturated heterocycles. The van der Waals surface area contributed by atoms with Crippen molar-refractivity contribution in [2.45, 2.75) is 18.9 Å². The highest BCUT2D eigenvalue weighted by Gasteiger charge is 2.26. The van der Waals surface area contributed by atoms with E-state index in [1.54, 1.807) is 25.1 Å². The van der Waals surface area contributed by atoms with Gasteiger partial charge in [0.05, 0.1) is 17.2 Å². The summed E-state index contributed by atoms with van der Waals surface area (Å²) in [4.78, 5) is 14.2. The minimum Gasteiger partial charge on any atom is -0.469 e. The molecule has 0 spiro atoms. The van der Waals surface area contributed by atoms with Gasteiger partial charge in [0.25, 0.3) is 0 Å². The Kier molecular flexibility index (Phi) is 5.28. The maximum Gasteiger partial charge on any atom is 0.315 e. The molecule has 0 aromatic heterocycles. The molecule has 0 unspecified atom stereocenters. The zero-order valence-electron chi connectivity index (χ0n) is 9.80. The Morgan fingerprint density at radius 2 is 2.11 bits per heavy atom. The number of nitrogens with zero attached hydrogens (tertiary/aromatic N) is 3. The number of rotatable bonds is 4. The van der Waals surface area contributed by atoms with Crippen LogP contribution >= 0.6 is 23.2 Å². The van der Waals surface area contributed by atoms with Crippen LogP contribution in [-0.4, -0.2) is 19.1 Å². The van der Waals surface area contributed by atoms with E-state index in [-0.39, 0.29) is 5.92 Å². The van der Waals surface area contributed by atoms with Crippen molar-refractivity contribution in [3.63, 3.8) is 0 Å². The van der Waals surface area contributed by atoms with Gasteiger partial charge in [-0.15, -0.1) is 0 Å². The van der Waals surface area contributed by atoms with Crippen molar-refractivity contribution in [2.24, 2.45) is 5.11 Å². The average Bonchev–Trinajstić information content (AvgIpc) is 2.37. The lowest BCUT2D eigenvalue weighted by Gasteiger charge is -2.18. The van der Waals surface area contributed by atoms with Crippen molar-refractivity contribution >= 4 is 29.2 Å². The highest BCUT2D eigenvalue weighted by Crippen LogP contribution is 2.29. The fraction of sp³-hybridized carbons (Fsp3) is 0.364. The van der Waals surface area contributed by atoms with Crippen LogP contribution in [0.5, 0.6) is 0 Å². The summed E-state index contributed by atoms with van der Waals surface area (Å²) in [5.74, 6) is -0.950. The Morgan fingerprint density at radius 3 is 2.61 bits per heavy atom. The molecule has 1 rings (SSSR count). The molecule has 0 bridgehead atoms. The predicted octanol–water partition coefficient (Wildman–Crippen LogP) is 3.95. The van der Waals surface area contributed by atoms with E-state index in [1.807, 2.05) is 0 Å². The third kappa shape index (κ3) is 3.29. The summed E-state index contributed by atoms with van der Waals surface area (Å²) in [5, 5.41) is 4.26. The largest absolute Gasteiger partial charge is 0.469 e. The Labute approximate surface area is 114 Å². The molecule has 0 fully saturated rings. The van der Waals surface area contributed by atoms with E-state index >= 15 is 0 Å². The molecule has 0 heterocycles. The van der Waals surface area contributed by atoms with Gasteiger partial charge in [-0.3, -0.25) is 4.79 Å². The van der Waals surface area contributed by atoms with Gasteiger partial charge in [0, 0.05) is 10.8 Å². The van der Waals surface area contributed by atoms with Crippen molar-refractivity contribution < 1.29 is 9.53 Å². The lowest BCUT2D eigenvalue weighted by molar-refractivity contribution is -0.142. The first kappa shape index (κ1) is 14.6. The molecule has 96 valence electrons. The molecular formula is C11H11Cl2N3O2. The number of carbonyl (C=O) groups excluding carboxylic acids is 1. The van der Waals surface area contributed by atoms with Crippen LogP contribution in [0.25, 0.3) is 10.4 Å². The number of hydrogen-bond acceptors (Lipinski definition) is 3. The molecule has 0 saturated carbocycles. The third-order valence-electron chi connectivity index (χ3n) is 2.56. The number of esters is 1. The van der Waals surface area contributed by atoms with Crippen LogP contribution in [0.4, 0.5) is 0 Å². The van der Waals surface area contributed by atoms with Gasteiger partial charge in [-0.2, -0.15) is 0 Å². The number of hydrogen-bond donors (Lipinski definition) is 0. The van der Waals surface area contributed by atoms with E-state index in [9.17, 15) is 4.79 Å². The molecule has 7 heteroatoms. The highest BCUT2D eigenvalue weighted by molar-refractivity contribution is 6.42. The van der Waals surface area contributed by atoms with E-state index in [1.165, 1.54) is 7.11 Å². The van der Waals surface area contributed by atoms with Gasteiger partial charge in [0.15, 0.2) is 0 Å². The van der Waals surface area contributed by atoms with Crippen molar-refractivity contribution in [1.29, 1.82) is 0 Å². The molecule has 1 aromatic rings. The quantitative estimate of drug-likeness (QED) is 0.364. The van der Waals surface area contributed by atoms with Gasteiger partial charge < -0.3 is 4.74 Å². The summed E-state index contributed by atoms with van der Waals surface area (Å²) in [6, 6.07) is 4.05. The fourth-order valence-electron chi connectivity index (χ4n) is 1.51. The van der Waals surface area contributed by atoms with E-state index in [2.05, 4.69) is 14.8 Å². The average molecular weight is 288 g/mol. The van der Waals surface area contributed by atoms with Crippen molar-refractivity contribution in [3.05, 3.63) is 44.3 Å². The summed E-state index contributed by atoms with van der Waals surface area (Å²) in [5.41, 5.74) is 9.22. The minimum absolute atomic E-state index is 0.358. The molecule has 2 atom stereocenters. The molecular weight excluding hydrogens is 277 g/mol. The summed E-state index contributed by atoms with van der Waals surface area (Å²) in [6.07, 6.45) is 0. The smallest absolute Gasteiger partial charge is 0.315 e. The fourth-order valence-corrected chi connectivity index (χ4v) is 1.81. The third-order valence-corrected chi connectivity index (χ3v) is 3.30. The van der Waals surface area contributed by atoms with Gasteiger partial charge in [-0.25, -0.2) is 0 Å². The zero-order valence-corrected chi connectivity index (χ0v) is 11.3. The monoisotopic (exact) mass is 287 g/mol. The van der Waals surface area contributed by atoms with Crippen LogP contribution in [0.2, 0.25) is 10.0 Å². The first-order valence-corrected chi connectivity index (χ1v) is 5.83. The molecule has 1 aromatic carbocycles.